The molecule has 4 atom stereocenters. The van der Waals surface area contributed by atoms with Crippen LogP contribution in [0.3, 0.4) is 0 Å². The minimum atomic E-state index is -1.32. The van der Waals surface area contributed by atoms with Gasteiger partial charge >= 0.3 is 5.97 Å². The molecule has 0 unspecified atom stereocenters. The summed E-state index contributed by atoms with van der Waals surface area (Å²) >= 11 is 12.7. The number of nitrogens with one attached hydrogen (secondary N) is 1. The number of rotatable bonds is 9. The molecule has 2 aromatic carbocycles. The first-order valence-corrected chi connectivity index (χ1v) is 15.2. The number of likely N-dealkylation sites (tertiary alicyclic amines) is 1. The van der Waals surface area contributed by atoms with Crippen molar-refractivity contribution in [1.29, 1.82) is 0 Å². The number of carbonyl (C=O) groups is 3. The van der Waals surface area contributed by atoms with Gasteiger partial charge in [0.05, 0.1) is 40.1 Å². The van der Waals surface area contributed by atoms with Gasteiger partial charge in [0.2, 0.25) is 11.8 Å². The molecule has 0 aliphatic carbocycles. The Morgan fingerprint density at radius 2 is 1.77 bits per heavy atom. The summed E-state index contributed by atoms with van der Waals surface area (Å²) in [4.78, 5) is 42.8. The van der Waals surface area contributed by atoms with Crippen molar-refractivity contribution in [3.63, 3.8) is 0 Å². The van der Waals surface area contributed by atoms with Gasteiger partial charge in [0.25, 0.3) is 0 Å². The van der Waals surface area contributed by atoms with E-state index in [1.165, 1.54) is 14.2 Å². The highest BCUT2D eigenvalue weighted by Gasteiger charge is 2.60. The first-order chi connectivity index (χ1) is 20.7. The minimum absolute atomic E-state index is 0.0526. The van der Waals surface area contributed by atoms with Gasteiger partial charge in [-0.2, -0.15) is 0 Å². The number of piperidine rings is 1. The van der Waals surface area contributed by atoms with Crippen molar-refractivity contribution >= 4 is 41.0 Å². The lowest BCUT2D eigenvalue weighted by molar-refractivity contribution is -0.180. The Morgan fingerprint density at radius 3 is 2.39 bits per heavy atom. The van der Waals surface area contributed by atoms with E-state index < -0.39 is 23.4 Å². The lowest BCUT2D eigenvalue weighted by Gasteiger charge is -2.53. The quantitative estimate of drug-likeness (QED) is 0.336. The number of ether oxygens (including phenoxy) is 4. The molecule has 1 saturated heterocycles. The van der Waals surface area contributed by atoms with Crippen LogP contribution in [0.4, 0.5) is 0 Å². The van der Waals surface area contributed by atoms with Gasteiger partial charge in [-0.15, -0.1) is 0 Å². The Bertz CT molecular complexity index is 1450. The minimum Gasteiger partial charge on any atom is -0.493 e. The molecule has 0 aromatic heterocycles. The van der Waals surface area contributed by atoms with Crippen LogP contribution in [0.2, 0.25) is 10.0 Å². The van der Waals surface area contributed by atoms with E-state index in [2.05, 4.69) is 5.32 Å². The predicted molar refractivity (Wildman–Crippen MR) is 167 cm³/mol. The van der Waals surface area contributed by atoms with Crippen molar-refractivity contribution in [2.45, 2.75) is 65.8 Å². The normalized spacial score (nSPS) is 23.4. The maximum Gasteiger partial charge on any atom is 0.320 e. The van der Waals surface area contributed by atoms with E-state index in [9.17, 15) is 14.4 Å². The highest BCUT2D eigenvalue weighted by molar-refractivity contribution is 6.35. The third kappa shape index (κ3) is 6.70. The summed E-state index contributed by atoms with van der Waals surface area (Å²) in [6, 6.07) is 10.4. The van der Waals surface area contributed by atoms with Crippen molar-refractivity contribution < 1.29 is 33.3 Å². The summed E-state index contributed by atoms with van der Waals surface area (Å²) < 4.78 is 22.4. The van der Waals surface area contributed by atoms with Crippen molar-refractivity contribution in [1.82, 2.24) is 10.2 Å². The zero-order chi connectivity index (χ0) is 32.4. The van der Waals surface area contributed by atoms with Crippen molar-refractivity contribution in [3.8, 4) is 11.5 Å². The molecule has 2 aliphatic heterocycles. The van der Waals surface area contributed by atoms with E-state index in [0.717, 1.165) is 5.56 Å². The van der Waals surface area contributed by atoms with Gasteiger partial charge in [-0.25, -0.2) is 0 Å². The summed E-state index contributed by atoms with van der Waals surface area (Å²) in [6.07, 6.45) is 0.733. The first kappa shape index (κ1) is 33.6. The number of benzene rings is 2. The Hall–Kier alpha value is -3.27. The van der Waals surface area contributed by atoms with Gasteiger partial charge in [-0.05, 0) is 60.2 Å². The molecule has 0 bridgehead atoms. The fraction of sp³-hybridized carbons (Fsp3) is 0.485. The number of halogens is 2. The summed E-state index contributed by atoms with van der Waals surface area (Å²) in [5.41, 5.74) is 0.299. The summed E-state index contributed by atoms with van der Waals surface area (Å²) in [5.74, 6) is -0.876. The zero-order valence-electron chi connectivity index (χ0n) is 26.2. The summed E-state index contributed by atoms with van der Waals surface area (Å²) in [7, 11) is 4.41. The number of amides is 2. The smallest absolute Gasteiger partial charge is 0.320 e. The van der Waals surface area contributed by atoms with Crippen molar-refractivity contribution in [2.75, 3.05) is 21.3 Å². The SMILES string of the molecule is COC(=O)[C@@]12C[C@H](CC(=O)NCc3ccc(OC)c(OC)c3)C(=O)N(Cc3ccc(Cl)cc3Cl)C1=C[C@@H](C(C)(C)C)O[C@H]2C. The number of hydrogen-bond acceptors (Lipinski definition) is 7. The molecule has 11 heteroatoms. The van der Waals surface area contributed by atoms with Crippen LogP contribution in [0.15, 0.2) is 48.2 Å². The van der Waals surface area contributed by atoms with Crippen molar-refractivity contribution in [3.05, 3.63) is 69.3 Å². The lowest BCUT2D eigenvalue weighted by Crippen LogP contribution is -2.61. The average Bonchev–Trinajstić information content (AvgIpc) is 2.98. The van der Waals surface area contributed by atoms with Crippen LogP contribution >= 0.6 is 23.2 Å². The molecular weight excluding hydrogens is 607 g/mol. The fourth-order valence-corrected chi connectivity index (χ4v) is 6.38. The number of hydrogen-bond donors (Lipinski definition) is 1. The molecule has 0 spiro atoms. The van der Waals surface area contributed by atoms with E-state index in [-0.39, 0.29) is 49.3 Å². The largest absolute Gasteiger partial charge is 0.493 e. The average molecular weight is 648 g/mol. The van der Waals surface area contributed by atoms with Crippen LogP contribution in [-0.4, -0.2) is 56.2 Å². The summed E-state index contributed by atoms with van der Waals surface area (Å²) in [6.45, 7) is 8.20. The molecule has 1 N–H and O–H groups in total. The molecule has 1 fully saturated rings. The molecule has 2 amide bonds. The van der Waals surface area contributed by atoms with Crippen LogP contribution < -0.4 is 14.8 Å². The highest BCUT2D eigenvalue weighted by atomic mass is 35.5. The van der Waals surface area contributed by atoms with Crippen molar-refractivity contribution in [2.24, 2.45) is 16.7 Å². The third-order valence-electron chi connectivity index (χ3n) is 8.40. The molecule has 4 rings (SSSR count). The Labute approximate surface area is 268 Å². The van der Waals surface area contributed by atoms with Gasteiger partial charge in [0.1, 0.15) is 5.41 Å². The molecule has 238 valence electrons. The topological polar surface area (TPSA) is 103 Å². The van der Waals surface area contributed by atoms with Gasteiger partial charge in [0, 0.05) is 34.6 Å². The van der Waals surface area contributed by atoms with E-state index >= 15 is 0 Å². The number of carbonyl (C=O) groups excluding carboxylic acids is 3. The second kappa shape index (κ2) is 13.4. The van der Waals surface area contributed by atoms with Crippen LogP contribution in [0.5, 0.6) is 11.5 Å². The maximum absolute atomic E-state index is 14.3. The van der Waals surface area contributed by atoms with E-state index in [4.69, 9.17) is 42.1 Å². The lowest BCUT2D eigenvalue weighted by atomic mass is 9.65. The first-order valence-electron chi connectivity index (χ1n) is 14.4. The monoisotopic (exact) mass is 646 g/mol. The number of fused-ring (bicyclic) bond motifs is 1. The predicted octanol–water partition coefficient (Wildman–Crippen LogP) is 5.94. The molecule has 0 saturated carbocycles. The van der Waals surface area contributed by atoms with Crippen LogP contribution in [0.1, 0.15) is 51.7 Å². The van der Waals surface area contributed by atoms with Gasteiger partial charge in [-0.1, -0.05) is 56.1 Å². The Balaban J connectivity index is 1.69. The van der Waals surface area contributed by atoms with Crippen LogP contribution in [-0.2, 0) is 36.9 Å². The van der Waals surface area contributed by atoms with Gasteiger partial charge in [0.15, 0.2) is 11.5 Å². The summed E-state index contributed by atoms with van der Waals surface area (Å²) in [5, 5.41) is 3.74. The van der Waals surface area contributed by atoms with E-state index in [1.54, 1.807) is 42.3 Å². The van der Waals surface area contributed by atoms with Crippen LogP contribution in [0.25, 0.3) is 0 Å². The standard InChI is InChI=1S/C33H40Cl2N2O7/c1-19-33(31(40)43-7)16-22(13-29(38)36-17-20-8-11-25(41-5)26(12-20)42-6)30(39)37(18-21-9-10-23(34)14-24(21)35)27(33)15-28(44-19)32(2,3)4/h8-12,14-15,19,22,28H,13,16-18H2,1-7H3,(H,36,38)/t19-,22-,28-,33+/m0/s1. The number of methoxy groups -OCH3 is 3. The highest BCUT2D eigenvalue weighted by Crippen LogP contribution is 2.52. The van der Waals surface area contributed by atoms with Gasteiger partial charge in [-0.3, -0.25) is 14.4 Å². The fourth-order valence-electron chi connectivity index (χ4n) is 5.91. The molecule has 2 heterocycles. The zero-order valence-corrected chi connectivity index (χ0v) is 27.7. The second-order valence-electron chi connectivity index (χ2n) is 12.3. The molecule has 2 aromatic rings. The van der Waals surface area contributed by atoms with E-state index in [0.29, 0.717) is 32.8 Å². The number of nitrogens with zero attached hydrogens (tertiary/aromatic N) is 1. The molecular formula is C33H40Cl2N2O7. The van der Waals surface area contributed by atoms with Gasteiger partial charge < -0.3 is 29.2 Å². The third-order valence-corrected chi connectivity index (χ3v) is 8.99. The Kier molecular flexibility index (Phi) is 10.2. The molecule has 2 aliphatic rings. The second-order valence-corrected chi connectivity index (χ2v) is 13.2. The molecule has 9 nitrogen and oxygen atoms in total. The van der Waals surface area contributed by atoms with Crippen LogP contribution in [0, 0.1) is 16.7 Å². The number of esters is 1. The maximum atomic E-state index is 14.3. The van der Waals surface area contributed by atoms with E-state index in [1.807, 2.05) is 39.8 Å². The molecule has 44 heavy (non-hydrogen) atoms. The Morgan fingerprint density at radius 1 is 1.07 bits per heavy atom. The molecule has 0 radical (unpaired) electrons.